The maximum Gasteiger partial charge on any atom is 0.163 e. The molecule has 0 saturated heterocycles. The van der Waals surface area contributed by atoms with Crippen molar-refractivity contribution in [3.63, 3.8) is 0 Å². The highest BCUT2D eigenvalue weighted by atomic mass is 16.3. The molecule has 20 heavy (non-hydrogen) atoms. The van der Waals surface area contributed by atoms with Crippen molar-refractivity contribution in [2.24, 2.45) is 22.7 Å². The summed E-state index contributed by atoms with van der Waals surface area (Å²) < 4.78 is 0. The molecule has 5 nitrogen and oxygen atoms in total. The highest BCUT2D eigenvalue weighted by molar-refractivity contribution is 6.35. The molecule has 1 atom stereocenters. The lowest BCUT2D eigenvalue weighted by atomic mass is 9.57. The highest BCUT2D eigenvalue weighted by Gasteiger charge is 2.60. The lowest BCUT2D eigenvalue weighted by Gasteiger charge is -2.40. The van der Waals surface area contributed by atoms with Crippen LogP contribution in [-0.2, 0) is 19.2 Å². The van der Waals surface area contributed by atoms with E-state index >= 15 is 0 Å². The molecule has 1 N–H and O–H groups in total. The third kappa shape index (κ3) is 2.35. The minimum absolute atomic E-state index is 0.187. The summed E-state index contributed by atoms with van der Waals surface area (Å²) in [4.78, 5) is 49.3. The molecular weight excluding hydrogens is 260 g/mol. The van der Waals surface area contributed by atoms with Crippen LogP contribution in [0.1, 0.15) is 41.0 Å². The Morgan fingerprint density at radius 1 is 1.10 bits per heavy atom. The van der Waals surface area contributed by atoms with E-state index in [4.69, 9.17) is 5.11 Å². The van der Waals surface area contributed by atoms with Gasteiger partial charge in [0, 0.05) is 12.5 Å². The van der Waals surface area contributed by atoms with Crippen molar-refractivity contribution in [3.8, 4) is 0 Å². The van der Waals surface area contributed by atoms with Gasteiger partial charge < -0.3 is 5.11 Å². The van der Waals surface area contributed by atoms with Crippen LogP contribution in [0, 0.1) is 22.7 Å². The number of Topliss-reactive ketones (excluding diaryl/α,β-unsaturated/α-hetero) is 4. The molecule has 1 fully saturated rings. The third-order valence-electron chi connectivity index (χ3n) is 4.22. The zero-order chi connectivity index (χ0) is 15.9. The molecule has 1 aliphatic carbocycles. The van der Waals surface area contributed by atoms with Crippen LogP contribution >= 0.6 is 0 Å². The van der Waals surface area contributed by atoms with Crippen molar-refractivity contribution in [2.45, 2.75) is 41.0 Å². The summed E-state index contributed by atoms with van der Waals surface area (Å²) in [5, 5.41) is 8.89. The van der Waals surface area contributed by atoms with Gasteiger partial charge in [-0.25, -0.2) is 0 Å². The second-order valence-corrected chi connectivity index (χ2v) is 6.56. The number of aliphatic hydroxyl groups is 1. The van der Waals surface area contributed by atoms with Gasteiger partial charge in [-0.3, -0.25) is 19.2 Å². The van der Waals surface area contributed by atoms with Crippen molar-refractivity contribution in [1.29, 1.82) is 0 Å². The smallest absolute Gasteiger partial charge is 0.163 e. The molecule has 1 aliphatic rings. The van der Waals surface area contributed by atoms with Gasteiger partial charge in [0.25, 0.3) is 0 Å². The highest BCUT2D eigenvalue weighted by Crippen LogP contribution is 2.41. The summed E-state index contributed by atoms with van der Waals surface area (Å²) >= 11 is 0. The molecule has 1 saturated carbocycles. The first-order valence-corrected chi connectivity index (χ1v) is 6.77. The van der Waals surface area contributed by atoms with Gasteiger partial charge in [0.1, 0.15) is 5.92 Å². The van der Waals surface area contributed by atoms with Gasteiger partial charge in [-0.2, -0.15) is 0 Å². The molecule has 0 aromatic carbocycles. The topological polar surface area (TPSA) is 88.5 Å². The summed E-state index contributed by atoms with van der Waals surface area (Å²) in [5.74, 6) is -4.17. The Kier molecular flexibility index (Phi) is 4.34. The normalized spacial score (nSPS) is 23.8. The number of carbonyl (C=O) groups is 4. The van der Waals surface area contributed by atoms with Crippen LogP contribution < -0.4 is 0 Å². The van der Waals surface area contributed by atoms with E-state index < -0.39 is 45.8 Å². The van der Waals surface area contributed by atoms with Crippen LogP contribution in [0.5, 0.6) is 0 Å². The maximum absolute atomic E-state index is 12.4. The summed E-state index contributed by atoms with van der Waals surface area (Å²) in [6, 6.07) is 0. The molecule has 112 valence electrons. The van der Waals surface area contributed by atoms with E-state index in [1.54, 1.807) is 6.92 Å². The van der Waals surface area contributed by atoms with Gasteiger partial charge >= 0.3 is 0 Å². The summed E-state index contributed by atoms with van der Waals surface area (Å²) in [6.45, 7) is 7.24. The number of hydrogen-bond donors (Lipinski definition) is 1. The van der Waals surface area contributed by atoms with Gasteiger partial charge in [0.05, 0.1) is 10.8 Å². The van der Waals surface area contributed by atoms with Crippen LogP contribution in [0.3, 0.4) is 0 Å². The fraction of sp³-hybridized carbons (Fsp3) is 0.733. The van der Waals surface area contributed by atoms with E-state index in [-0.39, 0.29) is 13.0 Å². The van der Waals surface area contributed by atoms with Gasteiger partial charge in [-0.05, 0) is 34.1 Å². The minimum atomic E-state index is -1.39. The lowest BCUT2D eigenvalue weighted by Crippen LogP contribution is -2.59. The lowest BCUT2D eigenvalue weighted by molar-refractivity contribution is -0.162. The molecule has 5 heteroatoms. The Morgan fingerprint density at radius 3 is 1.85 bits per heavy atom. The van der Waals surface area contributed by atoms with E-state index in [0.29, 0.717) is 0 Å². The van der Waals surface area contributed by atoms with Crippen LogP contribution in [-0.4, -0.2) is 34.8 Å². The van der Waals surface area contributed by atoms with Gasteiger partial charge in [-0.1, -0.05) is 6.92 Å². The Bertz CT molecular complexity index is 443. The molecule has 0 heterocycles. The first kappa shape index (κ1) is 16.7. The zero-order valence-corrected chi connectivity index (χ0v) is 12.6. The molecular formula is C15H22O5. The fourth-order valence-corrected chi connectivity index (χ4v) is 2.72. The largest absolute Gasteiger partial charge is 0.396 e. The van der Waals surface area contributed by atoms with E-state index in [1.807, 2.05) is 0 Å². The standard InChI is InChI=1S/C15H22O5/c1-8(6-7-16)10(17)9-11(18)14(2,3)13(20)15(4,5)12(9)19/h8-9,16H,6-7H2,1-5H3. The second-order valence-electron chi connectivity index (χ2n) is 6.56. The van der Waals surface area contributed by atoms with Crippen LogP contribution in [0.2, 0.25) is 0 Å². The minimum Gasteiger partial charge on any atom is -0.396 e. The van der Waals surface area contributed by atoms with E-state index in [0.717, 1.165) is 0 Å². The van der Waals surface area contributed by atoms with Crippen molar-refractivity contribution < 1.29 is 24.3 Å². The van der Waals surface area contributed by atoms with Crippen molar-refractivity contribution >= 4 is 23.1 Å². The Labute approximate surface area is 118 Å². The van der Waals surface area contributed by atoms with Crippen LogP contribution in [0.4, 0.5) is 0 Å². The molecule has 0 aliphatic heterocycles. The Balaban J connectivity index is 3.26. The quantitative estimate of drug-likeness (QED) is 0.776. The van der Waals surface area contributed by atoms with Gasteiger partial charge in [0.2, 0.25) is 0 Å². The molecule has 0 aromatic rings. The summed E-state index contributed by atoms with van der Waals surface area (Å²) in [5.41, 5.74) is -2.67. The SMILES string of the molecule is CC(CCO)C(=O)C1C(=O)C(C)(C)C(=O)C(C)(C)C1=O. The Hall–Kier alpha value is -1.36. The fourth-order valence-electron chi connectivity index (χ4n) is 2.72. The van der Waals surface area contributed by atoms with Gasteiger partial charge in [-0.15, -0.1) is 0 Å². The second kappa shape index (κ2) is 5.20. The molecule has 0 spiro atoms. The predicted molar refractivity (Wildman–Crippen MR) is 71.9 cm³/mol. The number of aliphatic hydroxyl groups excluding tert-OH is 1. The number of rotatable bonds is 4. The molecule has 0 bridgehead atoms. The summed E-state index contributed by atoms with van der Waals surface area (Å²) in [7, 11) is 0. The van der Waals surface area contributed by atoms with Gasteiger partial charge in [0.15, 0.2) is 23.1 Å². The molecule has 0 amide bonds. The zero-order valence-electron chi connectivity index (χ0n) is 12.6. The van der Waals surface area contributed by atoms with Crippen molar-refractivity contribution in [2.75, 3.05) is 6.61 Å². The first-order valence-electron chi connectivity index (χ1n) is 6.77. The van der Waals surface area contributed by atoms with Crippen LogP contribution in [0.15, 0.2) is 0 Å². The number of hydrogen-bond acceptors (Lipinski definition) is 5. The van der Waals surface area contributed by atoms with Crippen LogP contribution in [0.25, 0.3) is 0 Å². The molecule has 0 aromatic heterocycles. The third-order valence-corrected chi connectivity index (χ3v) is 4.22. The van der Waals surface area contributed by atoms with Crippen molar-refractivity contribution in [3.05, 3.63) is 0 Å². The number of carbonyl (C=O) groups excluding carboxylic acids is 4. The van der Waals surface area contributed by atoms with E-state index in [2.05, 4.69) is 0 Å². The monoisotopic (exact) mass is 282 g/mol. The Morgan fingerprint density at radius 2 is 1.50 bits per heavy atom. The maximum atomic E-state index is 12.4. The molecule has 0 radical (unpaired) electrons. The van der Waals surface area contributed by atoms with Crippen molar-refractivity contribution in [1.82, 2.24) is 0 Å². The average molecular weight is 282 g/mol. The molecule has 1 unspecified atom stereocenters. The number of ketones is 4. The average Bonchev–Trinajstić information content (AvgIpc) is 2.36. The first-order chi connectivity index (χ1) is 8.99. The van der Waals surface area contributed by atoms with E-state index in [1.165, 1.54) is 27.7 Å². The predicted octanol–water partition coefficient (Wildman–Crippen LogP) is 0.964. The summed E-state index contributed by atoms with van der Waals surface area (Å²) in [6.07, 6.45) is 0.199. The van der Waals surface area contributed by atoms with E-state index in [9.17, 15) is 19.2 Å². The molecule has 1 rings (SSSR count).